The monoisotopic (exact) mass is 800 g/mol. The minimum absolute atomic E-state index is 0.00974. The number of rotatable bonds is 8. The van der Waals surface area contributed by atoms with Crippen LogP contribution in [0, 0.1) is 20.8 Å². The third-order valence-corrected chi connectivity index (χ3v) is 11.5. The molecule has 0 unspecified atom stereocenters. The summed E-state index contributed by atoms with van der Waals surface area (Å²) >= 11 is 13.4. The van der Waals surface area contributed by atoms with Crippen LogP contribution in [0.4, 0.5) is 5.69 Å². The van der Waals surface area contributed by atoms with Crippen LogP contribution in [-0.2, 0) is 4.79 Å². The van der Waals surface area contributed by atoms with Crippen LogP contribution in [0.25, 0.3) is 17.2 Å². The summed E-state index contributed by atoms with van der Waals surface area (Å²) in [6.45, 7) is 9.90. The number of aryl methyl sites for hydroxylation is 2. The van der Waals surface area contributed by atoms with E-state index in [1.165, 1.54) is 18.2 Å². The van der Waals surface area contributed by atoms with E-state index in [-0.39, 0.29) is 35.2 Å². The first-order valence-electron chi connectivity index (χ1n) is 17.5. The van der Waals surface area contributed by atoms with Gasteiger partial charge in [0.2, 0.25) is 0 Å². The van der Waals surface area contributed by atoms with Crippen molar-refractivity contribution in [3.05, 3.63) is 144 Å². The van der Waals surface area contributed by atoms with E-state index in [1.54, 1.807) is 35.6 Å². The lowest BCUT2D eigenvalue weighted by Crippen LogP contribution is -2.33. The molecule has 2 aliphatic rings. The van der Waals surface area contributed by atoms with Gasteiger partial charge in [-0.1, -0.05) is 48.5 Å². The number of hydrogen-bond donors (Lipinski definition) is 4. The number of aromatic hydroxyl groups is 1. The average molecular weight is 801 g/mol. The third kappa shape index (κ3) is 6.74. The molecule has 2 aliphatic heterocycles. The molecule has 0 bridgehead atoms. The number of phenolic OH excluding ortho intramolecular Hbond substituents is 1. The SMILES string of the molecule is C=c1ccc2c(c1)Oc1cc(O)ccc1C=2c1ccc(NC(=S)NCC(=O)C[C@H]2N=C(c3ccc(Cl)cc3)c3c(sc(C)c3C)-n3c(C)nnc32)cc1C(=O)O. The maximum Gasteiger partial charge on any atom is 0.336 e. The summed E-state index contributed by atoms with van der Waals surface area (Å²) in [5.74, 6) is 0.830. The number of carboxylic acid groups (broad SMARTS) is 1. The Morgan fingerprint density at radius 3 is 2.52 bits per heavy atom. The normalized spacial score (nSPS) is 14.0. The number of halogens is 1. The van der Waals surface area contributed by atoms with E-state index < -0.39 is 12.0 Å². The predicted molar refractivity (Wildman–Crippen MR) is 222 cm³/mol. The van der Waals surface area contributed by atoms with Crippen molar-refractivity contribution >= 4 is 75.6 Å². The number of carboxylic acids is 1. The Bertz CT molecular complexity index is 2790. The second-order valence-electron chi connectivity index (χ2n) is 13.5. The first-order chi connectivity index (χ1) is 26.9. The van der Waals surface area contributed by atoms with Gasteiger partial charge in [0.1, 0.15) is 34.1 Å². The van der Waals surface area contributed by atoms with Gasteiger partial charge in [-0.25, -0.2) is 4.79 Å². The van der Waals surface area contributed by atoms with E-state index in [2.05, 4.69) is 41.3 Å². The molecule has 1 atom stereocenters. The van der Waals surface area contributed by atoms with E-state index in [1.807, 2.05) is 47.9 Å². The lowest BCUT2D eigenvalue weighted by atomic mass is 9.89. The molecule has 8 rings (SSSR count). The number of thiocarbonyl (C=S) groups is 1. The van der Waals surface area contributed by atoms with Crippen molar-refractivity contribution in [1.82, 2.24) is 20.1 Å². The van der Waals surface area contributed by atoms with E-state index in [4.69, 9.17) is 33.5 Å². The van der Waals surface area contributed by atoms with Crippen molar-refractivity contribution in [1.29, 1.82) is 0 Å². The fourth-order valence-corrected chi connectivity index (χ4v) is 8.53. The maximum atomic E-state index is 13.6. The van der Waals surface area contributed by atoms with Crippen molar-refractivity contribution in [3.8, 4) is 22.2 Å². The van der Waals surface area contributed by atoms with E-state index in [0.717, 1.165) is 32.3 Å². The Labute approximate surface area is 335 Å². The summed E-state index contributed by atoms with van der Waals surface area (Å²) in [6, 6.07) is 21.9. The number of aliphatic imine (C=N–C) groups is 1. The van der Waals surface area contributed by atoms with Gasteiger partial charge in [-0.2, -0.15) is 0 Å². The highest BCUT2D eigenvalue weighted by Crippen LogP contribution is 2.41. The first-order valence-corrected chi connectivity index (χ1v) is 19.1. The number of carbonyl (C=O) groups excluding carboxylic acids is 1. The number of anilines is 1. The second kappa shape index (κ2) is 14.5. The van der Waals surface area contributed by atoms with Gasteiger partial charge in [-0.15, -0.1) is 21.5 Å². The molecule has 2 aromatic heterocycles. The molecule has 0 saturated carbocycles. The highest BCUT2D eigenvalue weighted by atomic mass is 35.5. The third-order valence-electron chi connectivity index (χ3n) is 9.77. The standard InChI is InChI=1S/C42H33ClN6O5S2/c1-20-5-12-30-34(15-20)54-35-18-27(50)11-14-31(35)37(30)29-13-10-26(16-32(29)41(52)53)45-42(55)44-19-28(51)17-33-39-48-47-23(4)49(39)40-36(21(2)22(3)56-40)38(46-33)24-6-8-25(43)9-7-24/h5-16,18,33,50H,1,17,19H2,2-4H3,(H,52,53)(H2,44,45,55)/t33-/m1/s1. The molecular formula is C42H33ClN6O5S2. The second-order valence-corrected chi connectivity index (χ2v) is 15.6. The zero-order valence-electron chi connectivity index (χ0n) is 30.3. The molecule has 14 heteroatoms. The number of nitrogens with one attached hydrogen (secondary N) is 2. The van der Waals surface area contributed by atoms with Crippen LogP contribution in [-0.4, -0.2) is 54.1 Å². The van der Waals surface area contributed by atoms with Gasteiger partial charge in [-0.3, -0.25) is 14.4 Å². The summed E-state index contributed by atoms with van der Waals surface area (Å²) in [4.78, 5) is 32.7. The molecule has 4 heterocycles. The Morgan fingerprint density at radius 1 is 0.982 bits per heavy atom. The molecule has 0 saturated heterocycles. The van der Waals surface area contributed by atoms with Crippen molar-refractivity contribution < 1.29 is 24.5 Å². The number of thiophene rings is 1. The Hall–Kier alpha value is -6.15. The van der Waals surface area contributed by atoms with Gasteiger partial charge in [0, 0.05) is 55.6 Å². The van der Waals surface area contributed by atoms with Crippen LogP contribution in [0.15, 0.2) is 83.9 Å². The smallest absolute Gasteiger partial charge is 0.336 e. The van der Waals surface area contributed by atoms with Crippen LogP contribution in [0.3, 0.4) is 0 Å². The van der Waals surface area contributed by atoms with Crippen LogP contribution < -0.4 is 25.8 Å². The molecule has 56 heavy (non-hydrogen) atoms. The number of benzene rings is 4. The molecule has 280 valence electrons. The summed E-state index contributed by atoms with van der Waals surface area (Å²) in [5.41, 5.74) is 5.79. The molecule has 4 aromatic carbocycles. The van der Waals surface area contributed by atoms with Gasteiger partial charge in [-0.05, 0) is 91.8 Å². The number of aromatic nitrogens is 3. The molecule has 6 aromatic rings. The van der Waals surface area contributed by atoms with Crippen LogP contribution in [0.2, 0.25) is 5.02 Å². The topological polar surface area (TPSA) is 151 Å². The highest BCUT2D eigenvalue weighted by Gasteiger charge is 2.32. The fourth-order valence-electron chi connectivity index (χ4n) is 7.00. The molecule has 0 spiro atoms. The van der Waals surface area contributed by atoms with Gasteiger partial charge in [0.25, 0.3) is 0 Å². The van der Waals surface area contributed by atoms with Gasteiger partial charge >= 0.3 is 5.97 Å². The van der Waals surface area contributed by atoms with Gasteiger partial charge < -0.3 is 25.6 Å². The Balaban J connectivity index is 1.04. The molecule has 4 N–H and O–H groups in total. The number of ketones is 1. The molecule has 0 fully saturated rings. The number of fused-ring (bicyclic) bond motifs is 5. The zero-order chi connectivity index (χ0) is 39.4. The summed E-state index contributed by atoms with van der Waals surface area (Å²) in [7, 11) is 0. The van der Waals surface area contributed by atoms with Gasteiger partial charge in [0.15, 0.2) is 16.7 Å². The Kier molecular flexibility index (Phi) is 9.53. The lowest BCUT2D eigenvalue weighted by Gasteiger charge is -2.22. The van der Waals surface area contributed by atoms with Crippen molar-refractivity contribution in [2.45, 2.75) is 33.2 Å². The van der Waals surface area contributed by atoms with E-state index in [0.29, 0.717) is 61.0 Å². The Morgan fingerprint density at radius 2 is 1.75 bits per heavy atom. The number of carbonyl (C=O) groups is 2. The van der Waals surface area contributed by atoms with Crippen molar-refractivity contribution in [2.24, 2.45) is 4.99 Å². The molecule has 11 nitrogen and oxygen atoms in total. The summed E-state index contributed by atoms with van der Waals surface area (Å²) in [6.07, 6.45) is 0.0221. The average Bonchev–Trinajstić information content (AvgIpc) is 3.64. The highest BCUT2D eigenvalue weighted by molar-refractivity contribution is 7.80. The number of aromatic carboxylic acids is 1. The quantitative estimate of drug-likeness (QED) is 0.119. The molecule has 0 radical (unpaired) electrons. The predicted octanol–water partition coefficient (Wildman–Crippen LogP) is 6.91. The molecular weight excluding hydrogens is 768 g/mol. The molecule has 0 amide bonds. The number of phenols is 1. The summed E-state index contributed by atoms with van der Waals surface area (Å²) in [5, 5.41) is 38.5. The number of Topliss-reactive ketones (excluding diaryl/α,β-unsaturated/α-hetero) is 1. The maximum absolute atomic E-state index is 13.6. The van der Waals surface area contributed by atoms with E-state index >= 15 is 0 Å². The van der Waals surface area contributed by atoms with Gasteiger partial charge in [0.05, 0.1) is 17.8 Å². The van der Waals surface area contributed by atoms with Crippen molar-refractivity contribution in [3.63, 3.8) is 0 Å². The van der Waals surface area contributed by atoms with Crippen LogP contribution in [0.5, 0.6) is 17.2 Å². The number of nitrogens with zero attached hydrogens (tertiary/aromatic N) is 4. The van der Waals surface area contributed by atoms with Crippen LogP contribution in [0.1, 0.15) is 67.2 Å². The first kappa shape index (κ1) is 36.8. The minimum Gasteiger partial charge on any atom is -0.508 e. The minimum atomic E-state index is -1.16. The van der Waals surface area contributed by atoms with Crippen LogP contribution >= 0.6 is 35.2 Å². The number of ether oxygens (including phenoxy) is 1. The van der Waals surface area contributed by atoms with Crippen molar-refractivity contribution in [2.75, 3.05) is 11.9 Å². The molecule has 0 aliphatic carbocycles. The fraction of sp³-hybridized carbons (Fsp3) is 0.143. The number of hydrogen-bond acceptors (Lipinski definition) is 9. The zero-order valence-corrected chi connectivity index (χ0v) is 32.7. The van der Waals surface area contributed by atoms with E-state index in [9.17, 15) is 19.8 Å². The summed E-state index contributed by atoms with van der Waals surface area (Å²) < 4.78 is 8.07. The lowest BCUT2D eigenvalue weighted by molar-refractivity contribution is -0.118. The largest absolute Gasteiger partial charge is 0.508 e.